The Morgan fingerprint density at radius 1 is 1.07 bits per heavy atom. The smallest absolute Gasteiger partial charge is 0.261 e. The van der Waals surface area contributed by atoms with Crippen molar-refractivity contribution >= 4 is 64.8 Å². The van der Waals surface area contributed by atoms with Crippen LogP contribution >= 0.6 is 38.9 Å². The first-order valence-corrected chi connectivity index (χ1v) is 12.2. The summed E-state index contributed by atoms with van der Waals surface area (Å²) in [6.45, 7) is 3.87. The summed E-state index contributed by atoms with van der Waals surface area (Å²) >= 11 is 11.1. The molecule has 2 aromatic carbocycles. The highest BCUT2D eigenvalue weighted by Gasteiger charge is 2.22. The zero-order valence-corrected chi connectivity index (χ0v) is 19.5. The summed E-state index contributed by atoms with van der Waals surface area (Å²) in [5.74, 6) is 0. The standard InChI is InChI=1S/C21H16BrClN2O2S2/c1-12-5-3-6-14(9-12)18-19-17(10-13(2)24-21(19)28-20(18)22)25-29(26,27)16-8-4-7-15(23)11-16/h3-11H,1-2H3,(H,24,25). The number of aromatic nitrogens is 1. The van der Waals surface area contributed by atoms with E-state index in [1.54, 1.807) is 18.2 Å². The molecule has 4 rings (SSSR count). The van der Waals surface area contributed by atoms with Crippen LogP contribution < -0.4 is 4.72 Å². The minimum absolute atomic E-state index is 0.110. The van der Waals surface area contributed by atoms with E-state index in [0.717, 1.165) is 36.4 Å². The number of hydrogen-bond acceptors (Lipinski definition) is 4. The maximum absolute atomic E-state index is 13.0. The number of benzene rings is 2. The van der Waals surface area contributed by atoms with Gasteiger partial charge in [0.25, 0.3) is 10.0 Å². The average Bonchev–Trinajstić information content (AvgIpc) is 2.97. The molecule has 0 aliphatic heterocycles. The number of halogens is 2. The number of aryl methyl sites for hydroxylation is 2. The predicted molar refractivity (Wildman–Crippen MR) is 124 cm³/mol. The van der Waals surface area contributed by atoms with Crippen LogP contribution in [0.5, 0.6) is 0 Å². The van der Waals surface area contributed by atoms with E-state index in [1.807, 2.05) is 32.0 Å². The normalized spacial score (nSPS) is 11.7. The van der Waals surface area contributed by atoms with Crippen molar-refractivity contribution in [2.24, 2.45) is 0 Å². The van der Waals surface area contributed by atoms with Crippen molar-refractivity contribution in [1.29, 1.82) is 0 Å². The van der Waals surface area contributed by atoms with Gasteiger partial charge in [0, 0.05) is 21.7 Å². The highest BCUT2D eigenvalue weighted by atomic mass is 79.9. The van der Waals surface area contributed by atoms with E-state index >= 15 is 0 Å². The van der Waals surface area contributed by atoms with Crippen molar-refractivity contribution in [3.8, 4) is 11.1 Å². The second-order valence-electron chi connectivity index (χ2n) is 6.67. The largest absolute Gasteiger partial charge is 0.279 e. The second-order valence-corrected chi connectivity index (χ2v) is 11.1. The summed E-state index contributed by atoms with van der Waals surface area (Å²) in [7, 11) is -3.81. The van der Waals surface area contributed by atoms with E-state index in [4.69, 9.17) is 11.6 Å². The summed E-state index contributed by atoms with van der Waals surface area (Å²) in [5, 5.41) is 1.13. The van der Waals surface area contributed by atoms with Crippen molar-refractivity contribution < 1.29 is 8.42 Å². The first-order valence-electron chi connectivity index (χ1n) is 8.70. The lowest BCUT2D eigenvalue weighted by Gasteiger charge is -2.12. The van der Waals surface area contributed by atoms with Gasteiger partial charge in [0.05, 0.1) is 14.4 Å². The van der Waals surface area contributed by atoms with E-state index in [-0.39, 0.29) is 4.90 Å². The molecule has 0 radical (unpaired) electrons. The Labute approximate surface area is 186 Å². The van der Waals surface area contributed by atoms with Gasteiger partial charge in [0.2, 0.25) is 0 Å². The van der Waals surface area contributed by atoms with Crippen LogP contribution in [0.2, 0.25) is 5.02 Å². The highest BCUT2D eigenvalue weighted by Crippen LogP contribution is 2.45. The van der Waals surface area contributed by atoms with Crippen LogP contribution in [0.4, 0.5) is 5.69 Å². The zero-order valence-electron chi connectivity index (χ0n) is 15.5. The lowest BCUT2D eigenvalue weighted by Crippen LogP contribution is -2.13. The van der Waals surface area contributed by atoms with Crippen LogP contribution in [0, 0.1) is 13.8 Å². The van der Waals surface area contributed by atoms with Gasteiger partial charge in [-0.05, 0) is 59.6 Å². The Hall–Kier alpha value is -1.93. The molecule has 0 saturated carbocycles. The molecule has 0 unspecified atom stereocenters. The maximum atomic E-state index is 13.0. The van der Waals surface area contributed by atoms with Crippen molar-refractivity contribution in [2.75, 3.05) is 4.72 Å². The molecule has 0 spiro atoms. The van der Waals surface area contributed by atoms with Gasteiger partial charge in [-0.1, -0.05) is 47.5 Å². The molecule has 148 valence electrons. The monoisotopic (exact) mass is 506 g/mol. The fraction of sp³-hybridized carbons (Fsp3) is 0.0952. The van der Waals surface area contributed by atoms with Crippen molar-refractivity contribution in [3.63, 3.8) is 0 Å². The SMILES string of the molecule is Cc1cccc(-c2c(Br)sc3nc(C)cc(NS(=O)(=O)c4cccc(Cl)c4)c23)c1. The molecule has 4 nitrogen and oxygen atoms in total. The quantitative estimate of drug-likeness (QED) is 0.330. The molecule has 0 aliphatic rings. The molecule has 0 fully saturated rings. The van der Waals surface area contributed by atoms with Crippen molar-refractivity contribution in [2.45, 2.75) is 18.7 Å². The van der Waals surface area contributed by atoms with E-state index in [0.29, 0.717) is 10.7 Å². The van der Waals surface area contributed by atoms with Crippen LogP contribution in [0.15, 0.2) is 63.3 Å². The Balaban J connectivity index is 1.93. The molecule has 2 aromatic heterocycles. The number of anilines is 1. The molecule has 8 heteroatoms. The minimum Gasteiger partial charge on any atom is -0.279 e. The van der Waals surface area contributed by atoms with Gasteiger partial charge >= 0.3 is 0 Å². The van der Waals surface area contributed by atoms with E-state index in [1.165, 1.54) is 23.5 Å². The summed E-state index contributed by atoms with van der Waals surface area (Å²) in [5.41, 5.74) is 4.26. The first-order chi connectivity index (χ1) is 13.7. The third-order valence-corrected chi connectivity index (χ3v) is 7.76. The van der Waals surface area contributed by atoms with Gasteiger partial charge < -0.3 is 0 Å². The van der Waals surface area contributed by atoms with Crippen LogP contribution in [-0.4, -0.2) is 13.4 Å². The third-order valence-electron chi connectivity index (χ3n) is 4.40. The number of hydrogen-bond donors (Lipinski definition) is 1. The van der Waals surface area contributed by atoms with Gasteiger partial charge in [0.15, 0.2) is 0 Å². The highest BCUT2D eigenvalue weighted by molar-refractivity contribution is 9.11. The molecule has 0 bridgehead atoms. The fourth-order valence-corrected chi connectivity index (χ4v) is 6.42. The molecule has 0 amide bonds. The van der Waals surface area contributed by atoms with Gasteiger partial charge in [-0.3, -0.25) is 4.72 Å². The minimum atomic E-state index is -3.81. The second kappa shape index (κ2) is 7.72. The maximum Gasteiger partial charge on any atom is 0.261 e. The molecular weight excluding hydrogens is 492 g/mol. The van der Waals surface area contributed by atoms with Gasteiger partial charge in [-0.25, -0.2) is 13.4 Å². The summed E-state index contributed by atoms with van der Waals surface area (Å²) in [4.78, 5) is 5.49. The molecule has 0 aliphatic carbocycles. The number of sulfonamides is 1. The lowest BCUT2D eigenvalue weighted by molar-refractivity contribution is 0.601. The number of thiophene rings is 1. The number of fused-ring (bicyclic) bond motifs is 1. The molecule has 29 heavy (non-hydrogen) atoms. The molecule has 4 aromatic rings. The summed E-state index contributed by atoms with van der Waals surface area (Å²) in [6.07, 6.45) is 0. The van der Waals surface area contributed by atoms with E-state index in [2.05, 4.69) is 31.7 Å². The summed E-state index contributed by atoms with van der Waals surface area (Å²) < 4.78 is 29.7. The first kappa shape index (κ1) is 20.3. The Morgan fingerprint density at radius 3 is 2.55 bits per heavy atom. The molecular formula is C21H16BrClN2O2S2. The molecule has 0 atom stereocenters. The number of pyridine rings is 1. The van der Waals surface area contributed by atoms with E-state index < -0.39 is 10.0 Å². The summed E-state index contributed by atoms with van der Waals surface area (Å²) in [6, 6.07) is 16.0. The van der Waals surface area contributed by atoms with Crippen LogP contribution in [0.1, 0.15) is 11.3 Å². The van der Waals surface area contributed by atoms with Crippen molar-refractivity contribution in [3.05, 3.63) is 74.7 Å². The van der Waals surface area contributed by atoms with Crippen LogP contribution in [0.3, 0.4) is 0 Å². The zero-order chi connectivity index (χ0) is 20.8. The van der Waals surface area contributed by atoms with Crippen LogP contribution in [-0.2, 0) is 10.0 Å². The third kappa shape index (κ3) is 4.05. The Morgan fingerprint density at radius 2 is 1.83 bits per heavy atom. The van der Waals surface area contributed by atoms with E-state index in [9.17, 15) is 8.42 Å². The molecule has 1 N–H and O–H groups in total. The molecule has 0 saturated heterocycles. The predicted octanol–water partition coefficient (Wildman–Crippen LogP) is 6.80. The Bertz CT molecular complexity index is 1350. The van der Waals surface area contributed by atoms with Crippen molar-refractivity contribution in [1.82, 2.24) is 4.98 Å². The van der Waals surface area contributed by atoms with Gasteiger partial charge in [0.1, 0.15) is 4.83 Å². The topological polar surface area (TPSA) is 59.1 Å². The number of nitrogens with zero attached hydrogens (tertiary/aromatic N) is 1. The van der Waals surface area contributed by atoms with Gasteiger partial charge in [-0.15, -0.1) is 11.3 Å². The molecule has 2 heterocycles. The fourth-order valence-electron chi connectivity index (χ4n) is 3.17. The van der Waals surface area contributed by atoms with Crippen LogP contribution in [0.25, 0.3) is 21.3 Å². The lowest BCUT2D eigenvalue weighted by atomic mass is 10.0. The van der Waals surface area contributed by atoms with Gasteiger partial charge in [-0.2, -0.15) is 0 Å². The Kier molecular flexibility index (Phi) is 5.42. The number of rotatable bonds is 4. The average molecular weight is 508 g/mol. The number of nitrogens with one attached hydrogen (secondary N) is 1.